The average Bonchev–Trinajstić information content (AvgIpc) is 2.87. The third-order valence-electron chi connectivity index (χ3n) is 6.58. The highest BCUT2D eigenvalue weighted by Crippen LogP contribution is 2.50. The minimum absolute atomic E-state index is 0.0652. The lowest BCUT2D eigenvalue weighted by Gasteiger charge is -2.37. The number of fused-ring (bicyclic) bond motifs is 5. The van der Waals surface area contributed by atoms with Gasteiger partial charge in [-0.2, -0.15) is 0 Å². The van der Waals surface area contributed by atoms with E-state index in [1.807, 2.05) is 21.3 Å². The maximum atomic E-state index is 10.5. The smallest absolute Gasteiger partial charge is 0.331 e. The maximum absolute atomic E-state index is 10.5. The molecule has 143 valence electrons. The van der Waals surface area contributed by atoms with E-state index in [0.717, 1.165) is 5.46 Å². The van der Waals surface area contributed by atoms with Crippen molar-refractivity contribution in [2.45, 2.75) is 58.2 Å². The molecule has 4 rings (SSSR count). The Bertz CT molecular complexity index is 1060. The van der Waals surface area contributed by atoms with Gasteiger partial charge < -0.3 is 9.76 Å². The normalized spacial score (nSPS) is 15.4. The first-order chi connectivity index (χ1) is 13.0. The molecule has 28 heavy (non-hydrogen) atoms. The lowest BCUT2D eigenvalue weighted by atomic mass is 9.76. The van der Waals surface area contributed by atoms with Gasteiger partial charge in [0.25, 0.3) is 0 Å². The van der Waals surface area contributed by atoms with Crippen LogP contribution in [0.25, 0.3) is 21.9 Å². The first kappa shape index (κ1) is 19.2. The van der Waals surface area contributed by atoms with Gasteiger partial charge in [-0.15, -0.1) is 0 Å². The second kappa shape index (κ2) is 6.20. The van der Waals surface area contributed by atoms with Crippen LogP contribution >= 0.6 is 0 Å². The van der Waals surface area contributed by atoms with Crippen molar-refractivity contribution in [1.82, 2.24) is 0 Å². The lowest BCUT2D eigenvalue weighted by Crippen LogP contribution is -2.49. The molecule has 0 aromatic heterocycles. The molecule has 3 aromatic carbocycles. The summed E-state index contributed by atoms with van der Waals surface area (Å²) < 4.78 is 6.13. The van der Waals surface area contributed by atoms with E-state index in [1.54, 1.807) is 13.8 Å². The molecule has 0 saturated heterocycles. The average molecular weight is 371 g/mol. The number of aliphatic hydroxyl groups is 1. The van der Waals surface area contributed by atoms with Gasteiger partial charge in [-0.05, 0) is 66.2 Å². The van der Waals surface area contributed by atoms with Gasteiger partial charge in [-0.25, -0.2) is 0 Å². The van der Waals surface area contributed by atoms with Crippen LogP contribution in [-0.4, -0.2) is 23.8 Å². The largest absolute Gasteiger partial charge is 0.427 e. The van der Waals surface area contributed by atoms with Gasteiger partial charge in [0.2, 0.25) is 0 Å². The van der Waals surface area contributed by atoms with Gasteiger partial charge in [0, 0.05) is 5.41 Å². The molecule has 0 aliphatic heterocycles. The molecule has 2 nitrogen and oxygen atoms in total. The van der Waals surface area contributed by atoms with E-state index in [-0.39, 0.29) is 5.41 Å². The van der Waals surface area contributed by atoms with Gasteiger partial charge in [-0.1, -0.05) is 68.4 Å². The quantitative estimate of drug-likeness (QED) is 0.657. The van der Waals surface area contributed by atoms with Crippen molar-refractivity contribution >= 4 is 23.7 Å². The van der Waals surface area contributed by atoms with Crippen molar-refractivity contribution in [1.29, 1.82) is 0 Å². The highest BCUT2D eigenvalue weighted by molar-refractivity contribution is 6.50. The second-order valence-corrected chi connectivity index (χ2v) is 9.41. The van der Waals surface area contributed by atoms with Crippen molar-refractivity contribution in [2.24, 2.45) is 0 Å². The number of benzene rings is 3. The molecule has 0 bridgehead atoms. The highest BCUT2D eigenvalue weighted by Gasteiger charge is 2.39. The summed E-state index contributed by atoms with van der Waals surface area (Å²) in [6.45, 7) is 12.0. The zero-order valence-electron chi connectivity index (χ0n) is 17.6. The molecule has 1 radical (unpaired) electrons. The van der Waals surface area contributed by atoms with Crippen molar-refractivity contribution in [3.63, 3.8) is 0 Å². The fourth-order valence-electron chi connectivity index (χ4n) is 4.03. The Morgan fingerprint density at radius 1 is 0.821 bits per heavy atom. The summed E-state index contributed by atoms with van der Waals surface area (Å²) in [4.78, 5) is 0. The molecular weight excluding hydrogens is 343 g/mol. The SMILES string of the molecule is CC1(C)c2cccc([B]OC(C)(C)C(C)(C)O)c2-c2c1ccc1ccccc21. The second-order valence-electron chi connectivity index (χ2n) is 9.41. The Labute approximate surface area is 168 Å². The Morgan fingerprint density at radius 2 is 1.50 bits per heavy atom. The van der Waals surface area contributed by atoms with Crippen LogP contribution in [0.2, 0.25) is 0 Å². The summed E-state index contributed by atoms with van der Waals surface area (Å²) in [5.41, 5.74) is 4.54. The summed E-state index contributed by atoms with van der Waals surface area (Å²) in [6.07, 6.45) is 0. The minimum Gasteiger partial charge on any atom is -0.427 e. The fourth-order valence-corrected chi connectivity index (χ4v) is 4.03. The molecular formula is C25H28BO2. The van der Waals surface area contributed by atoms with Crippen LogP contribution < -0.4 is 5.46 Å². The molecule has 0 amide bonds. The summed E-state index contributed by atoms with van der Waals surface area (Å²) in [7, 11) is 1.82. The Kier molecular flexibility index (Phi) is 4.26. The summed E-state index contributed by atoms with van der Waals surface area (Å²) in [5.74, 6) is 0. The van der Waals surface area contributed by atoms with E-state index in [4.69, 9.17) is 4.65 Å². The Hall–Kier alpha value is -2.10. The third kappa shape index (κ3) is 2.80. The van der Waals surface area contributed by atoms with E-state index in [0.29, 0.717) is 0 Å². The van der Waals surface area contributed by atoms with E-state index in [1.165, 1.54) is 33.0 Å². The Morgan fingerprint density at radius 3 is 2.21 bits per heavy atom. The molecule has 0 heterocycles. The van der Waals surface area contributed by atoms with Gasteiger partial charge in [-0.3, -0.25) is 0 Å². The molecule has 1 aliphatic carbocycles. The zero-order valence-corrected chi connectivity index (χ0v) is 17.6. The van der Waals surface area contributed by atoms with Gasteiger partial charge in [0.15, 0.2) is 0 Å². The monoisotopic (exact) mass is 371 g/mol. The minimum atomic E-state index is -0.953. The maximum Gasteiger partial charge on any atom is 0.331 e. The molecule has 3 heteroatoms. The topological polar surface area (TPSA) is 29.5 Å². The summed E-state index contributed by atoms with van der Waals surface area (Å²) in [5, 5.41) is 13.0. The first-order valence-electron chi connectivity index (χ1n) is 9.93. The van der Waals surface area contributed by atoms with Crippen molar-refractivity contribution in [2.75, 3.05) is 0 Å². The van der Waals surface area contributed by atoms with E-state index in [9.17, 15) is 5.11 Å². The third-order valence-corrected chi connectivity index (χ3v) is 6.58. The molecule has 0 spiro atoms. The predicted molar refractivity (Wildman–Crippen MR) is 118 cm³/mol. The number of hydrogen-bond acceptors (Lipinski definition) is 2. The van der Waals surface area contributed by atoms with Crippen LogP contribution in [0, 0.1) is 0 Å². The highest BCUT2D eigenvalue weighted by atomic mass is 16.5. The van der Waals surface area contributed by atoms with Crippen molar-refractivity contribution < 1.29 is 9.76 Å². The molecule has 0 unspecified atom stereocenters. The van der Waals surface area contributed by atoms with Crippen LogP contribution in [0.1, 0.15) is 52.7 Å². The molecule has 0 atom stereocenters. The van der Waals surface area contributed by atoms with Crippen LogP contribution in [0.4, 0.5) is 0 Å². The van der Waals surface area contributed by atoms with Crippen molar-refractivity contribution in [3.05, 3.63) is 65.7 Å². The van der Waals surface area contributed by atoms with Crippen LogP contribution in [-0.2, 0) is 10.1 Å². The zero-order chi connectivity index (χ0) is 20.3. The lowest BCUT2D eigenvalue weighted by molar-refractivity contribution is -0.0893. The van der Waals surface area contributed by atoms with Gasteiger partial charge in [0.1, 0.15) is 0 Å². The standard InChI is InChI=1S/C25H28BO2/c1-23(2)18-12-9-13-20(26-28-25(5,6)24(3,4)27)22(18)21-17-11-8-7-10-16(17)14-15-19(21)23/h7-15,27H,1-6H3. The number of hydrogen-bond donors (Lipinski definition) is 1. The van der Waals surface area contributed by atoms with Crippen LogP contribution in [0.5, 0.6) is 0 Å². The summed E-state index contributed by atoms with van der Waals surface area (Å²) >= 11 is 0. The molecule has 3 aromatic rings. The van der Waals surface area contributed by atoms with Gasteiger partial charge in [0.05, 0.1) is 11.2 Å². The summed E-state index contributed by atoms with van der Waals surface area (Å²) in [6, 6.07) is 19.5. The molecule has 0 saturated carbocycles. The number of rotatable bonds is 4. The first-order valence-corrected chi connectivity index (χ1v) is 9.93. The van der Waals surface area contributed by atoms with E-state index < -0.39 is 11.2 Å². The van der Waals surface area contributed by atoms with Crippen molar-refractivity contribution in [3.8, 4) is 11.1 Å². The fraction of sp³-hybridized carbons (Fsp3) is 0.360. The molecule has 1 N–H and O–H groups in total. The Balaban J connectivity index is 1.89. The molecule has 1 aliphatic rings. The van der Waals surface area contributed by atoms with E-state index in [2.05, 4.69) is 68.4 Å². The van der Waals surface area contributed by atoms with E-state index >= 15 is 0 Å². The van der Waals surface area contributed by atoms with Gasteiger partial charge >= 0.3 is 7.48 Å². The van der Waals surface area contributed by atoms with Crippen LogP contribution in [0.3, 0.4) is 0 Å². The predicted octanol–water partition coefficient (Wildman–Crippen LogP) is 4.96. The van der Waals surface area contributed by atoms with Crippen LogP contribution in [0.15, 0.2) is 54.6 Å². The molecule has 0 fully saturated rings.